The molecule has 4 nitrogen and oxygen atoms in total. The fourth-order valence-electron chi connectivity index (χ4n) is 1.26. The van der Waals surface area contributed by atoms with Crippen molar-refractivity contribution in [2.45, 2.75) is 51.4 Å². The number of hydrogen-bond acceptors (Lipinski definition) is 4. The van der Waals surface area contributed by atoms with E-state index in [-0.39, 0.29) is 0 Å². The lowest BCUT2D eigenvalue weighted by molar-refractivity contribution is -0.259. The van der Waals surface area contributed by atoms with Crippen LogP contribution in [0.5, 0.6) is 0 Å². The quantitative estimate of drug-likeness (QED) is 0.247. The minimum Gasteiger partial charge on any atom is -0.247 e. The summed E-state index contributed by atoms with van der Waals surface area (Å²) in [4.78, 5) is 31.2. The van der Waals surface area contributed by atoms with Crippen LogP contribution in [0.2, 0.25) is 0 Å². The van der Waals surface area contributed by atoms with Crippen LogP contribution in [0.1, 0.15) is 51.4 Å². The number of alkyl halides is 2. The van der Waals surface area contributed by atoms with Crippen molar-refractivity contribution in [3.63, 3.8) is 0 Å². The van der Waals surface area contributed by atoms with Crippen molar-refractivity contribution in [1.82, 2.24) is 0 Å². The molecule has 0 atom stereocenters. The second kappa shape index (κ2) is 13.3. The highest BCUT2D eigenvalue weighted by Crippen LogP contribution is 2.05. The summed E-state index contributed by atoms with van der Waals surface area (Å²) in [6.07, 6.45) is 6.08. The molecule has 0 radical (unpaired) electrons. The van der Waals surface area contributed by atoms with Gasteiger partial charge in [0, 0.05) is 10.7 Å². The highest BCUT2D eigenvalue weighted by Gasteiger charge is 2.09. The highest BCUT2D eigenvalue weighted by atomic mass is 79.9. The number of carbonyl (C=O) groups is 2. The zero-order valence-corrected chi connectivity index (χ0v) is 13.6. The second-order valence-electron chi connectivity index (χ2n) is 3.91. The third-order valence-electron chi connectivity index (χ3n) is 2.26. The van der Waals surface area contributed by atoms with E-state index >= 15 is 0 Å². The van der Waals surface area contributed by atoms with E-state index in [4.69, 9.17) is 0 Å². The van der Waals surface area contributed by atoms with Crippen LogP contribution in [-0.4, -0.2) is 22.6 Å². The molecule has 0 saturated carbocycles. The monoisotopic (exact) mass is 386 g/mol. The van der Waals surface area contributed by atoms with E-state index in [1.807, 2.05) is 0 Å². The number of carbonyl (C=O) groups excluding carboxylic acids is 2. The standard InChI is InChI=1S/C12H20Br2O4/c13-9-5-1-3-7-11(15)17-18-12(16)8-4-2-6-10-14/h1-10H2. The molecule has 0 amide bonds. The molecule has 0 aromatic rings. The van der Waals surface area contributed by atoms with E-state index in [2.05, 4.69) is 41.6 Å². The van der Waals surface area contributed by atoms with Crippen molar-refractivity contribution < 1.29 is 19.4 Å². The summed E-state index contributed by atoms with van der Waals surface area (Å²) < 4.78 is 0. The van der Waals surface area contributed by atoms with Gasteiger partial charge in [0.25, 0.3) is 0 Å². The zero-order chi connectivity index (χ0) is 13.6. The average Bonchev–Trinajstić information content (AvgIpc) is 2.37. The van der Waals surface area contributed by atoms with E-state index in [9.17, 15) is 9.59 Å². The Bertz CT molecular complexity index is 210. The second-order valence-corrected chi connectivity index (χ2v) is 5.50. The van der Waals surface area contributed by atoms with Crippen LogP contribution in [0.15, 0.2) is 0 Å². The van der Waals surface area contributed by atoms with Gasteiger partial charge < -0.3 is 0 Å². The van der Waals surface area contributed by atoms with Gasteiger partial charge in [-0.1, -0.05) is 44.7 Å². The molecule has 0 aromatic carbocycles. The van der Waals surface area contributed by atoms with Gasteiger partial charge in [-0.25, -0.2) is 19.4 Å². The molecule has 0 aromatic heterocycles. The smallest absolute Gasteiger partial charge is 0.247 e. The summed E-state index contributed by atoms with van der Waals surface area (Å²) in [5.74, 6) is -0.947. The fourth-order valence-corrected chi connectivity index (χ4v) is 2.05. The molecular formula is C12H20Br2O4. The summed E-state index contributed by atoms with van der Waals surface area (Å²) in [6.45, 7) is 0. The Morgan fingerprint density at radius 3 is 1.39 bits per heavy atom. The molecule has 0 rings (SSSR count). The third kappa shape index (κ3) is 12.4. The summed E-state index contributed by atoms with van der Waals surface area (Å²) in [6, 6.07) is 0. The number of hydrogen-bond donors (Lipinski definition) is 0. The van der Waals surface area contributed by atoms with Gasteiger partial charge in [0.1, 0.15) is 0 Å². The van der Waals surface area contributed by atoms with Crippen molar-refractivity contribution in [2.75, 3.05) is 10.7 Å². The van der Waals surface area contributed by atoms with Crippen LogP contribution < -0.4 is 0 Å². The highest BCUT2D eigenvalue weighted by molar-refractivity contribution is 9.09. The van der Waals surface area contributed by atoms with Crippen LogP contribution >= 0.6 is 31.9 Å². The SMILES string of the molecule is O=C(CCCCCBr)OOC(=O)CCCCCBr. The topological polar surface area (TPSA) is 52.6 Å². The molecular weight excluding hydrogens is 368 g/mol. The molecule has 0 N–H and O–H groups in total. The first-order valence-corrected chi connectivity index (χ1v) is 8.47. The Labute approximate surface area is 125 Å². The summed E-state index contributed by atoms with van der Waals surface area (Å²) in [5.41, 5.74) is 0. The van der Waals surface area contributed by atoms with Gasteiger partial charge in [0.2, 0.25) is 0 Å². The van der Waals surface area contributed by atoms with Crippen molar-refractivity contribution in [3.8, 4) is 0 Å². The van der Waals surface area contributed by atoms with Gasteiger partial charge in [0.15, 0.2) is 0 Å². The number of halogens is 2. The first-order valence-electron chi connectivity index (χ1n) is 6.22. The van der Waals surface area contributed by atoms with Crippen LogP contribution in [0.25, 0.3) is 0 Å². The maximum absolute atomic E-state index is 11.2. The molecule has 0 aliphatic rings. The van der Waals surface area contributed by atoms with E-state index in [1.165, 1.54) is 0 Å². The van der Waals surface area contributed by atoms with Gasteiger partial charge in [0.05, 0.1) is 12.8 Å². The van der Waals surface area contributed by atoms with Gasteiger partial charge in [-0.05, 0) is 25.7 Å². The maximum atomic E-state index is 11.2. The first-order chi connectivity index (χ1) is 8.70. The molecule has 6 heteroatoms. The lowest BCUT2D eigenvalue weighted by Crippen LogP contribution is -2.11. The molecule has 18 heavy (non-hydrogen) atoms. The lowest BCUT2D eigenvalue weighted by Gasteiger charge is -2.03. The predicted molar refractivity (Wildman–Crippen MR) is 76.7 cm³/mol. The molecule has 0 saturated heterocycles. The van der Waals surface area contributed by atoms with Crippen LogP contribution in [0, 0.1) is 0 Å². The van der Waals surface area contributed by atoms with E-state index in [0.29, 0.717) is 12.8 Å². The molecule has 0 unspecified atom stereocenters. The normalized spacial score (nSPS) is 10.1. The Hall–Kier alpha value is -0.100. The molecule has 0 bridgehead atoms. The van der Waals surface area contributed by atoms with Crippen molar-refractivity contribution >= 4 is 43.8 Å². The Morgan fingerprint density at radius 1 is 0.667 bits per heavy atom. The van der Waals surface area contributed by atoms with Crippen LogP contribution in [0.3, 0.4) is 0 Å². The minimum atomic E-state index is -0.474. The zero-order valence-electron chi connectivity index (χ0n) is 10.5. The minimum absolute atomic E-state index is 0.296. The lowest BCUT2D eigenvalue weighted by atomic mass is 10.2. The van der Waals surface area contributed by atoms with Crippen molar-refractivity contribution in [2.24, 2.45) is 0 Å². The van der Waals surface area contributed by atoms with Crippen LogP contribution in [-0.2, 0) is 19.4 Å². The Kier molecular flexibility index (Phi) is 13.3. The van der Waals surface area contributed by atoms with Gasteiger partial charge in [-0.2, -0.15) is 0 Å². The van der Waals surface area contributed by atoms with E-state index in [1.54, 1.807) is 0 Å². The van der Waals surface area contributed by atoms with Gasteiger partial charge in [-0.15, -0.1) is 0 Å². The summed E-state index contributed by atoms with van der Waals surface area (Å²) in [7, 11) is 0. The third-order valence-corrected chi connectivity index (χ3v) is 3.38. The average molecular weight is 388 g/mol. The molecule has 0 spiro atoms. The van der Waals surface area contributed by atoms with Crippen molar-refractivity contribution in [3.05, 3.63) is 0 Å². The summed E-state index contributed by atoms with van der Waals surface area (Å²) in [5, 5.41) is 1.87. The van der Waals surface area contributed by atoms with Crippen molar-refractivity contribution in [1.29, 1.82) is 0 Å². The van der Waals surface area contributed by atoms with E-state index in [0.717, 1.165) is 49.2 Å². The Morgan fingerprint density at radius 2 is 1.06 bits per heavy atom. The summed E-state index contributed by atoms with van der Waals surface area (Å²) >= 11 is 6.63. The predicted octanol–water partition coefficient (Wildman–Crippen LogP) is 3.90. The molecule has 0 aliphatic carbocycles. The fraction of sp³-hybridized carbons (Fsp3) is 0.833. The van der Waals surface area contributed by atoms with E-state index < -0.39 is 11.9 Å². The van der Waals surface area contributed by atoms with Gasteiger partial charge >= 0.3 is 11.9 Å². The number of rotatable bonds is 10. The molecule has 106 valence electrons. The number of unbranched alkanes of at least 4 members (excludes halogenated alkanes) is 4. The Balaban J connectivity index is 3.39. The van der Waals surface area contributed by atoms with Crippen LogP contribution in [0.4, 0.5) is 0 Å². The molecule has 0 aliphatic heterocycles. The molecule has 0 fully saturated rings. The molecule has 0 heterocycles. The van der Waals surface area contributed by atoms with Gasteiger partial charge in [-0.3, -0.25) is 0 Å². The largest absolute Gasteiger partial charge is 0.355 e. The maximum Gasteiger partial charge on any atom is 0.355 e. The first kappa shape index (κ1) is 17.9.